The fraction of sp³-hybridized carbons (Fsp3) is 0.350. The molecule has 0 radical (unpaired) electrons. The summed E-state index contributed by atoms with van der Waals surface area (Å²) in [6, 6.07) is 10.1. The molecule has 6 nitrogen and oxygen atoms in total. The molecule has 7 heteroatoms. The van der Waals surface area contributed by atoms with Gasteiger partial charge >= 0.3 is 0 Å². The van der Waals surface area contributed by atoms with Crippen LogP contribution >= 0.6 is 11.3 Å². The molecule has 2 aromatic heterocycles. The predicted molar refractivity (Wildman–Crippen MR) is 109 cm³/mol. The highest BCUT2D eigenvalue weighted by atomic mass is 32.1. The molecule has 3 aromatic rings. The van der Waals surface area contributed by atoms with E-state index in [9.17, 15) is 4.79 Å². The van der Waals surface area contributed by atoms with Crippen molar-refractivity contribution in [3.05, 3.63) is 53.9 Å². The van der Waals surface area contributed by atoms with Crippen LogP contribution in [0.3, 0.4) is 0 Å². The zero-order valence-electron chi connectivity index (χ0n) is 15.6. The summed E-state index contributed by atoms with van der Waals surface area (Å²) in [6.45, 7) is 5.71. The zero-order valence-corrected chi connectivity index (χ0v) is 16.4. The Morgan fingerprint density at radius 3 is 2.56 bits per heavy atom. The molecule has 1 saturated heterocycles. The molecule has 4 rings (SSSR count). The number of hydrogen-bond acceptors (Lipinski definition) is 5. The summed E-state index contributed by atoms with van der Waals surface area (Å²) in [5.74, 6) is 0.159. The minimum atomic E-state index is 0.0398. The summed E-state index contributed by atoms with van der Waals surface area (Å²) >= 11 is 1.58. The van der Waals surface area contributed by atoms with E-state index in [1.807, 2.05) is 55.1 Å². The van der Waals surface area contributed by atoms with Crippen molar-refractivity contribution in [2.45, 2.75) is 26.7 Å². The van der Waals surface area contributed by atoms with Gasteiger partial charge in [-0.1, -0.05) is 23.5 Å². The third kappa shape index (κ3) is 3.88. The highest BCUT2D eigenvalue weighted by Crippen LogP contribution is 2.28. The monoisotopic (exact) mass is 381 g/mol. The van der Waals surface area contributed by atoms with Crippen molar-refractivity contribution in [2.75, 3.05) is 23.3 Å². The highest BCUT2D eigenvalue weighted by Gasteiger charge is 2.27. The Hall–Kier alpha value is -2.67. The lowest BCUT2D eigenvalue weighted by Crippen LogP contribution is -2.38. The van der Waals surface area contributed by atoms with Crippen LogP contribution in [-0.2, 0) is 4.79 Å². The summed E-state index contributed by atoms with van der Waals surface area (Å²) < 4.78 is 1.96. The molecule has 1 fully saturated rings. The van der Waals surface area contributed by atoms with Crippen molar-refractivity contribution in [1.29, 1.82) is 0 Å². The van der Waals surface area contributed by atoms with E-state index in [-0.39, 0.29) is 11.8 Å². The van der Waals surface area contributed by atoms with E-state index >= 15 is 0 Å². The van der Waals surface area contributed by atoms with Crippen LogP contribution < -0.4 is 10.2 Å². The second-order valence-corrected chi connectivity index (χ2v) is 7.96. The first-order valence-electron chi connectivity index (χ1n) is 9.20. The summed E-state index contributed by atoms with van der Waals surface area (Å²) in [5, 5.41) is 13.5. The predicted octanol–water partition coefficient (Wildman–Crippen LogP) is 3.80. The smallest absolute Gasteiger partial charge is 0.227 e. The SMILES string of the molecule is Cc1ccc(C)c(NC(=O)C2CCN(c3nnc(-n4cccc4)s3)CC2)c1. The minimum Gasteiger partial charge on any atom is -0.347 e. The quantitative estimate of drug-likeness (QED) is 0.747. The molecule has 0 unspecified atom stereocenters. The number of aryl methyl sites for hydroxylation is 2. The van der Waals surface area contributed by atoms with E-state index in [1.54, 1.807) is 11.3 Å². The Morgan fingerprint density at radius 1 is 1.11 bits per heavy atom. The largest absolute Gasteiger partial charge is 0.347 e. The molecule has 3 heterocycles. The number of amides is 1. The molecule has 27 heavy (non-hydrogen) atoms. The maximum absolute atomic E-state index is 12.7. The molecule has 1 aliphatic rings. The molecule has 0 spiro atoms. The lowest BCUT2D eigenvalue weighted by molar-refractivity contribution is -0.120. The number of benzene rings is 1. The molecule has 1 aromatic carbocycles. The minimum absolute atomic E-state index is 0.0398. The van der Waals surface area contributed by atoms with Crippen LogP contribution in [-0.4, -0.2) is 33.8 Å². The van der Waals surface area contributed by atoms with Gasteiger partial charge in [0, 0.05) is 37.1 Å². The van der Waals surface area contributed by atoms with E-state index in [1.165, 1.54) is 0 Å². The number of nitrogens with one attached hydrogen (secondary N) is 1. The lowest BCUT2D eigenvalue weighted by Gasteiger charge is -2.30. The zero-order chi connectivity index (χ0) is 18.8. The van der Waals surface area contributed by atoms with Gasteiger partial charge in [0.2, 0.25) is 16.2 Å². The van der Waals surface area contributed by atoms with Crippen molar-refractivity contribution >= 4 is 28.1 Å². The molecular weight excluding hydrogens is 358 g/mol. The molecule has 1 aliphatic heterocycles. The van der Waals surface area contributed by atoms with Crippen LogP contribution in [0.15, 0.2) is 42.7 Å². The van der Waals surface area contributed by atoms with Gasteiger partial charge in [-0.25, -0.2) is 0 Å². The molecule has 0 aliphatic carbocycles. The third-order valence-electron chi connectivity index (χ3n) is 5.02. The summed E-state index contributed by atoms with van der Waals surface area (Å²) in [5.41, 5.74) is 3.17. The van der Waals surface area contributed by atoms with Crippen molar-refractivity contribution in [2.24, 2.45) is 5.92 Å². The van der Waals surface area contributed by atoms with Gasteiger partial charge in [-0.2, -0.15) is 0 Å². The molecule has 0 atom stereocenters. The van der Waals surface area contributed by atoms with Crippen LogP contribution in [0.2, 0.25) is 0 Å². The first-order chi connectivity index (χ1) is 13.1. The molecule has 140 valence electrons. The van der Waals surface area contributed by atoms with Gasteiger partial charge in [-0.05, 0) is 56.0 Å². The van der Waals surface area contributed by atoms with Gasteiger partial charge in [0.15, 0.2) is 0 Å². The van der Waals surface area contributed by atoms with Crippen molar-refractivity contribution in [1.82, 2.24) is 14.8 Å². The Bertz CT molecular complexity index is 926. The van der Waals surface area contributed by atoms with Crippen molar-refractivity contribution < 1.29 is 4.79 Å². The standard InChI is InChI=1S/C20H23N5OS/c1-14-5-6-15(2)17(13-14)21-18(26)16-7-11-25(12-8-16)20-23-22-19(27-20)24-9-3-4-10-24/h3-6,9-10,13,16H,7-8,11-12H2,1-2H3,(H,21,26). The Kier molecular flexibility index (Phi) is 4.94. The van der Waals surface area contributed by atoms with Gasteiger partial charge in [0.25, 0.3) is 0 Å². The molecule has 1 amide bonds. The number of piperidine rings is 1. The maximum atomic E-state index is 12.7. The second kappa shape index (κ2) is 7.52. The Labute approximate surface area is 162 Å². The fourth-order valence-corrected chi connectivity index (χ4v) is 4.21. The van der Waals surface area contributed by atoms with Gasteiger partial charge in [0.1, 0.15) is 0 Å². The van der Waals surface area contributed by atoms with Crippen molar-refractivity contribution in [3.8, 4) is 5.13 Å². The first-order valence-corrected chi connectivity index (χ1v) is 10.0. The Morgan fingerprint density at radius 2 is 1.81 bits per heavy atom. The number of anilines is 2. The fourth-order valence-electron chi connectivity index (χ4n) is 3.34. The molecule has 1 N–H and O–H groups in total. The number of hydrogen-bond donors (Lipinski definition) is 1. The van der Waals surface area contributed by atoms with Gasteiger partial charge in [-0.3, -0.25) is 9.36 Å². The summed E-state index contributed by atoms with van der Waals surface area (Å²) in [4.78, 5) is 14.9. The van der Waals surface area contributed by atoms with E-state index in [2.05, 4.69) is 26.5 Å². The topological polar surface area (TPSA) is 63.1 Å². The van der Waals surface area contributed by atoms with E-state index in [0.717, 1.165) is 53.0 Å². The van der Waals surface area contributed by atoms with Gasteiger partial charge in [0.05, 0.1) is 0 Å². The van der Waals surface area contributed by atoms with Crippen LogP contribution in [0.4, 0.5) is 10.8 Å². The molecule has 0 bridgehead atoms. The third-order valence-corrected chi connectivity index (χ3v) is 6.01. The van der Waals surface area contributed by atoms with E-state index in [0.29, 0.717) is 0 Å². The average Bonchev–Trinajstić information content (AvgIpc) is 3.36. The molecular formula is C20H23N5OS. The number of nitrogens with zero attached hydrogens (tertiary/aromatic N) is 4. The Balaban J connectivity index is 1.36. The average molecular weight is 382 g/mol. The van der Waals surface area contributed by atoms with Gasteiger partial charge < -0.3 is 10.2 Å². The highest BCUT2D eigenvalue weighted by molar-refractivity contribution is 7.17. The number of rotatable bonds is 4. The number of carbonyl (C=O) groups is 1. The number of aromatic nitrogens is 3. The van der Waals surface area contributed by atoms with E-state index < -0.39 is 0 Å². The summed E-state index contributed by atoms with van der Waals surface area (Å²) in [6.07, 6.45) is 5.59. The molecule has 0 saturated carbocycles. The van der Waals surface area contributed by atoms with Crippen LogP contribution in [0.25, 0.3) is 5.13 Å². The first kappa shape index (κ1) is 17.7. The van der Waals surface area contributed by atoms with Crippen LogP contribution in [0, 0.1) is 19.8 Å². The van der Waals surface area contributed by atoms with Crippen LogP contribution in [0.1, 0.15) is 24.0 Å². The summed E-state index contributed by atoms with van der Waals surface area (Å²) in [7, 11) is 0. The second-order valence-electron chi connectivity index (χ2n) is 7.03. The normalized spacial score (nSPS) is 15.1. The van der Waals surface area contributed by atoms with Crippen LogP contribution in [0.5, 0.6) is 0 Å². The van der Waals surface area contributed by atoms with Crippen molar-refractivity contribution in [3.63, 3.8) is 0 Å². The number of carbonyl (C=O) groups excluding carboxylic acids is 1. The maximum Gasteiger partial charge on any atom is 0.227 e. The van der Waals surface area contributed by atoms with E-state index in [4.69, 9.17) is 0 Å². The lowest BCUT2D eigenvalue weighted by atomic mass is 9.96. The van der Waals surface area contributed by atoms with Gasteiger partial charge in [-0.15, -0.1) is 10.2 Å².